The van der Waals surface area contributed by atoms with Crippen molar-refractivity contribution in [2.45, 2.75) is 12.8 Å². The van der Waals surface area contributed by atoms with E-state index in [1.54, 1.807) is 24.3 Å². The second-order valence-electron chi connectivity index (χ2n) is 12.4. The molecule has 14 heteroatoms. The van der Waals surface area contributed by atoms with E-state index in [0.717, 1.165) is 15.4 Å². The zero-order valence-electron chi connectivity index (χ0n) is 25.9. The number of nitrogens with zero attached hydrogens (tertiary/aromatic N) is 4. The zero-order chi connectivity index (χ0) is 34.7. The van der Waals surface area contributed by atoms with Crippen molar-refractivity contribution < 1.29 is 38.9 Å². The Morgan fingerprint density at radius 1 is 0.755 bits per heavy atom. The second kappa shape index (κ2) is 11.8. The summed E-state index contributed by atoms with van der Waals surface area (Å²) < 4.78 is 5.23. The van der Waals surface area contributed by atoms with E-state index >= 15 is 0 Å². The van der Waals surface area contributed by atoms with Crippen LogP contribution in [-0.4, -0.2) is 45.7 Å². The molecule has 2 aliphatic heterocycles. The van der Waals surface area contributed by atoms with Crippen LogP contribution in [-0.2, 0) is 19.2 Å². The van der Waals surface area contributed by atoms with Crippen molar-refractivity contribution in [3.05, 3.63) is 110 Å². The highest BCUT2D eigenvalue weighted by molar-refractivity contribution is 6.24. The van der Waals surface area contributed by atoms with Gasteiger partial charge in [0.1, 0.15) is 0 Å². The molecule has 7 rings (SSSR count). The molecule has 2 heterocycles. The summed E-state index contributed by atoms with van der Waals surface area (Å²) in [4.78, 5) is 79.4. The van der Waals surface area contributed by atoms with Gasteiger partial charge in [0, 0.05) is 30.2 Å². The Bertz CT molecular complexity index is 2010. The van der Waals surface area contributed by atoms with Crippen LogP contribution in [0.3, 0.4) is 0 Å². The van der Waals surface area contributed by atoms with Crippen LogP contribution in [0.4, 0.5) is 22.7 Å². The molecule has 0 unspecified atom stereocenters. The number of carbonyl (C=O) groups excluding carboxylic acids is 4. The predicted octanol–water partition coefficient (Wildman–Crippen LogP) is 4.81. The highest BCUT2D eigenvalue weighted by atomic mass is 16.6. The average molecular weight is 665 g/mol. The van der Waals surface area contributed by atoms with Gasteiger partial charge in [0.05, 0.1) is 52.0 Å². The lowest BCUT2D eigenvalue weighted by atomic mass is 9.58. The first-order valence-electron chi connectivity index (χ1n) is 15.5. The number of benzene rings is 3. The van der Waals surface area contributed by atoms with E-state index < -0.39 is 69.0 Å². The summed E-state index contributed by atoms with van der Waals surface area (Å²) in [5.41, 5.74) is 1.40. The van der Waals surface area contributed by atoms with Crippen LogP contribution in [0, 0.1) is 55.7 Å². The van der Waals surface area contributed by atoms with Gasteiger partial charge in [-0.05, 0) is 60.7 Å². The first kappa shape index (κ1) is 31.4. The molecule has 0 radical (unpaired) electrons. The first-order valence-corrected chi connectivity index (χ1v) is 15.5. The van der Waals surface area contributed by atoms with Gasteiger partial charge in [0.25, 0.3) is 11.4 Å². The van der Waals surface area contributed by atoms with Crippen molar-refractivity contribution >= 4 is 52.5 Å². The second-order valence-corrected chi connectivity index (χ2v) is 12.4. The van der Waals surface area contributed by atoms with E-state index in [2.05, 4.69) is 0 Å². The van der Waals surface area contributed by atoms with Gasteiger partial charge in [-0.2, -0.15) is 0 Å². The standard InChI is InChI=1S/C35H28N4O10/c1-49-29-16-18(3-15-28(29)40)2-12-24-23-13-14-25-31(35(44)36(32(25)41)19-4-8-21(9-5-19)38(45)46)26(23)17-27-30(24)34(43)37(33(27)42)20-6-10-22(11-7-20)39(47)48/h2-13,15-16,24-27,30-31,40H,14,17H2,1H3/t24-,25-,26+,27+,30-,31-/m0/s1. The summed E-state index contributed by atoms with van der Waals surface area (Å²) >= 11 is 0. The normalized spacial score (nSPS) is 26.0. The van der Waals surface area contributed by atoms with Gasteiger partial charge in [-0.3, -0.25) is 49.2 Å². The zero-order valence-corrected chi connectivity index (χ0v) is 25.9. The third kappa shape index (κ3) is 5.03. The number of carbonyl (C=O) groups is 4. The van der Waals surface area contributed by atoms with Gasteiger partial charge >= 0.3 is 0 Å². The fourth-order valence-corrected chi connectivity index (χ4v) is 7.82. The summed E-state index contributed by atoms with van der Waals surface area (Å²) in [5, 5.41) is 32.5. The molecular formula is C35H28N4O10. The number of imide groups is 2. The van der Waals surface area contributed by atoms with Gasteiger partial charge < -0.3 is 9.84 Å². The lowest BCUT2D eigenvalue weighted by molar-refractivity contribution is -0.385. The Morgan fingerprint density at radius 3 is 1.86 bits per heavy atom. The maximum atomic E-state index is 14.1. The molecule has 2 aliphatic carbocycles. The van der Waals surface area contributed by atoms with Crippen molar-refractivity contribution in [3.8, 4) is 11.5 Å². The molecule has 1 saturated carbocycles. The summed E-state index contributed by atoms with van der Waals surface area (Å²) in [5.74, 6) is -6.21. The van der Waals surface area contributed by atoms with Crippen molar-refractivity contribution in [2.75, 3.05) is 16.9 Å². The molecule has 4 aliphatic rings. The van der Waals surface area contributed by atoms with Crippen molar-refractivity contribution in [2.24, 2.45) is 35.5 Å². The van der Waals surface area contributed by atoms with Crippen LogP contribution in [0.5, 0.6) is 11.5 Å². The minimum Gasteiger partial charge on any atom is -0.504 e. The molecule has 3 aromatic carbocycles. The van der Waals surface area contributed by atoms with Crippen molar-refractivity contribution in [1.29, 1.82) is 0 Å². The van der Waals surface area contributed by atoms with Gasteiger partial charge in [0.15, 0.2) is 11.5 Å². The number of non-ortho nitro benzene ring substituents is 2. The van der Waals surface area contributed by atoms with Crippen LogP contribution in [0.15, 0.2) is 84.5 Å². The molecule has 49 heavy (non-hydrogen) atoms. The molecule has 0 aromatic heterocycles. The number of nitro benzene ring substituents is 2. The van der Waals surface area contributed by atoms with E-state index in [1.165, 1.54) is 61.7 Å². The molecule has 4 amide bonds. The number of fused-ring (bicyclic) bond motifs is 4. The molecule has 2 saturated heterocycles. The number of phenolic OH excluding ortho intramolecular Hbond substituents is 1. The number of nitro groups is 2. The molecule has 0 bridgehead atoms. The lowest BCUT2D eigenvalue weighted by Gasteiger charge is -2.42. The Balaban J connectivity index is 1.28. The number of hydrogen-bond donors (Lipinski definition) is 1. The van der Waals surface area contributed by atoms with E-state index in [4.69, 9.17) is 4.74 Å². The van der Waals surface area contributed by atoms with Gasteiger partial charge in [-0.15, -0.1) is 0 Å². The number of amides is 4. The van der Waals surface area contributed by atoms with E-state index in [9.17, 15) is 44.5 Å². The molecule has 248 valence electrons. The maximum Gasteiger partial charge on any atom is 0.269 e. The Labute approximate surface area is 278 Å². The number of anilines is 2. The summed E-state index contributed by atoms with van der Waals surface area (Å²) in [6, 6.07) is 15.0. The fourth-order valence-electron chi connectivity index (χ4n) is 7.82. The van der Waals surface area contributed by atoms with Crippen LogP contribution in [0.1, 0.15) is 18.4 Å². The summed E-state index contributed by atoms with van der Waals surface area (Å²) in [6.07, 6.45) is 5.76. The van der Waals surface area contributed by atoms with Crippen LogP contribution < -0.4 is 14.5 Å². The van der Waals surface area contributed by atoms with Crippen LogP contribution >= 0.6 is 0 Å². The van der Waals surface area contributed by atoms with Gasteiger partial charge in [-0.1, -0.05) is 29.9 Å². The fraction of sp³-hybridized carbons (Fsp3) is 0.257. The number of allylic oxidation sites excluding steroid dienone is 3. The van der Waals surface area contributed by atoms with E-state index in [0.29, 0.717) is 5.56 Å². The Kier molecular flexibility index (Phi) is 7.57. The molecule has 0 spiro atoms. The monoisotopic (exact) mass is 664 g/mol. The SMILES string of the molecule is COc1cc(C=C[C@H]2C3=CC[C@@H]4C(=O)N(c5ccc([N+](=O)[O-])cc5)C(=O)[C@@H]4[C@@H]3C[C@H]3C(=O)N(c4ccc([N+](=O)[O-])cc4)C(=O)[C@@H]23)ccc1O. The number of methoxy groups -OCH3 is 1. The van der Waals surface area contributed by atoms with Gasteiger partial charge in [0.2, 0.25) is 23.6 Å². The Morgan fingerprint density at radius 2 is 1.31 bits per heavy atom. The highest BCUT2D eigenvalue weighted by Crippen LogP contribution is 2.56. The molecule has 3 fully saturated rings. The predicted molar refractivity (Wildman–Crippen MR) is 173 cm³/mol. The molecular weight excluding hydrogens is 636 g/mol. The smallest absolute Gasteiger partial charge is 0.269 e. The quantitative estimate of drug-likeness (QED) is 0.159. The number of ether oxygens (including phenoxy) is 1. The third-order valence-corrected chi connectivity index (χ3v) is 10.0. The number of phenols is 1. The number of aromatic hydroxyl groups is 1. The summed E-state index contributed by atoms with van der Waals surface area (Å²) in [7, 11) is 1.41. The minimum absolute atomic E-state index is 0.0595. The van der Waals surface area contributed by atoms with E-state index in [-0.39, 0.29) is 47.1 Å². The highest BCUT2D eigenvalue weighted by Gasteiger charge is 2.61. The summed E-state index contributed by atoms with van der Waals surface area (Å²) in [6.45, 7) is 0. The van der Waals surface area contributed by atoms with E-state index in [1.807, 2.05) is 6.08 Å². The van der Waals surface area contributed by atoms with Crippen molar-refractivity contribution in [1.82, 2.24) is 0 Å². The van der Waals surface area contributed by atoms with Crippen LogP contribution in [0.2, 0.25) is 0 Å². The lowest BCUT2D eigenvalue weighted by Crippen LogP contribution is -2.43. The molecule has 1 N–H and O–H groups in total. The Hall–Kier alpha value is -6.18. The number of hydrogen-bond acceptors (Lipinski definition) is 10. The molecule has 14 nitrogen and oxygen atoms in total. The average Bonchev–Trinajstić information content (AvgIpc) is 3.50. The van der Waals surface area contributed by atoms with Crippen LogP contribution in [0.25, 0.3) is 6.08 Å². The molecule has 3 aromatic rings. The van der Waals surface area contributed by atoms with Gasteiger partial charge in [-0.25, -0.2) is 0 Å². The maximum absolute atomic E-state index is 14.1. The molecule has 6 atom stereocenters. The first-order chi connectivity index (χ1) is 23.5. The minimum atomic E-state index is -0.857. The van der Waals surface area contributed by atoms with Crippen molar-refractivity contribution in [3.63, 3.8) is 0 Å². The third-order valence-electron chi connectivity index (χ3n) is 10.0. The largest absolute Gasteiger partial charge is 0.504 e. The topological polar surface area (TPSA) is 190 Å². The number of rotatable bonds is 7.